The second-order valence-electron chi connectivity index (χ2n) is 3.86. The van der Waals surface area contributed by atoms with Crippen molar-refractivity contribution in [2.45, 2.75) is 18.0 Å². The van der Waals surface area contributed by atoms with Gasteiger partial charge in [0.15, 0.2) is 5.78 Å². The minimum atomic E-state index is -4.30. The Morgan fingerprint density at radius 3 is 2.28 bits per heavy atom. The highest BCUT2D eigenvalue weighted by Gasteiger charge is 2.38. The summed E-state index contributed by atoms with van der Waals surface area (Å²) in [5, 5.41) is 1.57. The molecule has 2 rings (SSSR count). The summed E-state index contributed by atoms with van der Waals surface area (Å²) in [4.78, 5) is 11.2. The first-order chi connectivity index (χ1) is 8.39. The van der Waals surface area contributed by atoms with Crippen LogP contribution in [0.4, 0.5) is 13.2 Å². The van der Waals surface area contributed by atoms with Crippen LogP contribution in [0.15, 0.2) is 51.6 Å². The lowest BCUT2D eigenvalue weighted by molar-refractivity contribution is -0.0836. The molecule has 96 valence electrons. The van der Waals surface area contributed by atoms with Crippen molar-refractivity contribution in [2.24, 2.45) is 0 Å². The topological polar surface area (TPSA) is 17.1 Å². The van der Waals surface area contributed by atoms with Gasteiger partial charge in [-0.3, -0.25) is 4.79 Å². The minimum absolute atomic E-state index is 0.0946. The van der Waals surface area contributed by atoms with Gasteiger partial charge in [0, 0.05) is 5.56 Å². The molecule has 1 aliphatic rings. The maximum absolute atomic E-state index is 12.8. The lowest BCUT2D eigenvalue weighted by Crippen LogP contribution is -2.10. The highest BCUT2D eigenvalue weighted by atomic mass is 32.2. The first kappa shape index (κ1) is 13.0. The van der Waals surface area contributed by atoms with Crippen LogP contribution < -0.4 is 0 Å². The molecule has 1 aromatic rings. The van der Waals surface area contributed by atoms with Gasteiger partial charge in [0.25, 0.3) is 0 Å². The molecule has 1 aliphatic heterocycles. The molecule has 5 heteroatoms. The Morgan fingerprint density at radius 1 is 1.17 bits per heavy atom. The zero-order valence-corrected chi connectivity index (χ0v) is 10.4. The molecule has 0 radical (unpaired) electrons. The fourth-order valence-corrected chi connectivity index (χ4v) is 3.55. The molecule has 0 aliphatic carbocycles. The first-order valence-electron chi connectivity index (χ1n) is 5.25. The summed E-state index contributed by atoms with van der Waals surface area (Å²) in [7, 11) is -1.48. The van der Waals surface area contributed by atoms with E-state index in [0.717, 1.165) is 6.08 Å². The van der Waals surface area contributed by atoms with E-state index in [1.807, 2.05) is 0 Å². The number of carbonyl (C=O) groups excluding carboxylic acids is 1. The smallest absolute Gasteiger partial charge is 0.295 e. The first-order valence-corrected chi connectivity index (χ1v) is 6.66. The Hall–Kier alpha value is -1.49. The van der Waals surface area contributed by atoms with Crippen molar-refractivity contribution in [1.29, 1.82) is 0 Å². The van der Waals surface area contributed by atoms with Crippen molar-refractivity contribution < 1.29 is 18.0 Å². The SMILES string of the molecule is CC(=O)c1ccc([SH]2C=CC=C2C(F)(F)F)cc1. The lowest BCUT2D eigenvalue weighted by atomic mass is 10.2. The average molecular weight is 272 g/mol. The molecule has 0 saturated carbocycles. The molecule has 0 spiro atoms. The van der Waals surface area contributed by atoms with Crippen molar-refractivity contribution in [3.8, 4) is 0 Å². The van der Waals surface area contributed by atoms with Gasteiger partial charge in [-0.15, -0.1) is 0 Å². The predicted octanol–water partition coefficient (Wildman–Crippen LogP) is 4.22. The number of hydrogen-bond donors (Lipinski definition) is 1. The van der Waals surface area contributed by atoms with E-state index < -0.39 is 22.0 Å². The summed E-state index contributed by atoms with van der Waals surface area (Å²) >= 11 is 0. The van der Waals surface area contributed by atoms with E-state index in [0.29, 0.717) is 10.5 Å². The van der Waals surface area contributed by atoms with Gasteiger partial charge in [0.05, 0.1) is 4.91 Å². The van der Waals surface area contributed by atoms with Crippen LogP contribution in [0.3, 0.4) is 0 Å². The van der Waals surface area contributed by atoms with Crippen molar-refractivity contribution in [3.05, 3.63) is 52.3 Å². The predicted molar refractivity (Wildman–Crippen MR) is 67.0 cm³/mol. The van der Waals surface area contributed by atoms with Crippen LogP contribution in [-0.4, -0.2) is 12.0 Å². The average Bonchev–Trinajstić information content (AvgIpc) is 2.77. The van der Waals surface area contributed by atoms with Gasteiger partial charge in [-0.2, -0.15) is 24.1 Å². The maximum atomic E-state index is 12.8. The van der Waals surface area contributed by atoms with E-state index in [2.05, 4.69) is 0 Å². The zero-order valence-electron chi connectivity index (χ0n) is 9.53. The summed E-state index contributed by atoms with van der Waals surface area (Å²) in [6, 6.07) is 6.33. The number of halogens is 3. The van der Waals surface area contributed by atoms with Gasteiger partial charge in [-0.25, -0.2) is 0 Å². The monoisotopic (exact) mass is 272 g/mol. The summed E-state index contributed by atoms with van der Waals surface area (Å²) < 4.78 is 38.3. The standard InChI is InChI=1S/C13H11F3OS/c1-9(17)10-4-6-11(7-5-10)18-8-2-3-12(18)13(14,15)16/h2-8,18H,1H3. The van der Waals surface area contributed by atoms with E-state index in [9.17, 15) is 18.0 Å². The van der Waals surface area contributed by atoms with E-state index in [1.165, 1.54) is 13.0 Å². The van der Waals surface area contributed by atoms with Crippen LogP contribution >= 0.6 is 10.9 Å². The minimum Gasteiger partial charge on any atom is -0.295 e. The third kappa shape index (κ3) is 2.51. The van der Waals surface area contributed by atoms with Crippen LogP contribution in [0.2, 0.25) is 0 Å². The number of ketones is 1. The number of hydrogen-bond acceptors (Lipinski definition) is 1. The van der Waals surface area contributed by atoms with Crippen LogP contribution in [-0.2, 0) is 0 Å². The van der Waals surface area contributed by atoms with Gasteiger partial charge in [0.1, 0.15) is 0 Å². The van der Waals surface area contributed by atoms with Crippen LogP contribution in [0.5, 0.6) is 0 Å². The molecular weight excluding hydrogens is 261 g/mol. The molecule has 0 amide bonds. The zero-order chi connectivity index (χ0) is 13.3. The number of allylic oxidation sites excluding steroid dienone is 3. The third-order valence-electron chi connectivity index (χ3n) is 2.59. The van der Waals surface area contributed by atoms with Gasteiger partial charge < -0.3 is 0 Å². The van der Waals surface area contributed by atoms with Crippen LogP contribution in [0, 0.1) is 0 Å². The largest absolute Gasteiger partial charge is 0.421 e. The van der Waals surface area contributed by atoms with Crippen molar-refractivity contribution >= 4 is 16.7 Å². The number of rotatable bonds is 2. The molecule has 0 aromatic heterocycles. The Morgan fingerprint density at radius 2 is 1.78 bits per heavy atom. The Bertz CT molecular complexity index is 526. The van der Waals surface area contributed by atoms with E-state index in [4.69, 9.17) is 0 Å². The van der Waals surface area contributed by atoms with Crippen LogP contribution in [0.25, 0.3) is 0 Å². The molecule has 1 nitrogen and oxygen atoms in total. The normalized spacial score (nSPS) is 20.9. The Kier molecular flexibility index (Phi) is 3.34. The second kappa shape index (κ2) is 4.65. The molecular formula is C13H11F3OS. The van der Waals surface area contributed by atoms with E-state index in [-0.39, 0.29) is 5.78 Å². The number of benzene rings is 1. The number of alkyl halides is 3. The van der Waals surface area contributed by atoms with Gasteiger partial charge in [0.2, 0.25) is 0 Å². The second-order valence-corrected chi connectivity index (χ2v) is 5.90. The van der Waals surface area contributed by atoms with Gasteiger partial charge in [-0.1, -0.05) is 18.2 Å². The van der Waals surface area contributed by atoms with E-state index >= 15 is 0 Å². The molecule has 1 heterocycles. The Balaban J connectivity index is 2.30. The van der Waals surface area contributed by atoms with Gasteiger partial charge >= 0.3 is 6.18 Å². The number of carbonyl (C=O) groups is 1. The van der Waals surface area contributed by atoms with Gasteiger partial charge in [-0.05, 0) is 35.4 Å². The number of Topliss-reactive ketones (excluding diaryl/α,β-unsaturated/α-hetero) is 1. The molecule has 1 aromatic carbocycles. The molecule has 0 fully saturated rings. The summed E-state index contributed by atoms with van der Waals surface area (Å²) in [6.45, 7) is 1.43. The third-order valence-corrected chi connectivity index (χ3v) is 4.84. The summed E-state index contributed by atoms with van der Waals surface area (Å²) in [5.74, 6) is -0.0946. The quantitative estimate of drug-likeness (QED) is 0.630. The molecule has 0 saturated heterocycles. The van der Waals surface area contributed by atoms with Crippen molar-refractivity contribution in [1.82, 2.24) is 0 Å². The van der Waals surface area contributed by atoms with E-state index in [1.54, 1.807) is 29.7 Å². The molecule has 18 heavy (non-hydrogen) atoms. The number of thiol groups is 1. The molecule has 0 N–H and O–H groups in total. The molecule has 1 unspecified atom stereocenters. The highest BCUT2D eigenvalue weighted by Crippen LogP contribution is 2.54. The van der Waals surface area contributed by atoms with Crippen LogP contribution in [0.1, 0.15) is 17.3 Å². The molecule has 0 bridgehead atoms. The summed E-state index contributed by atoms with van der Waals surface area (Å²) in [6.07, 6.45) is -1.74. The fourth-order valence-electron chi connectivity index (χ4n) is 1.69. The summed E-state index contributed by atoms with van der Waals surface area (Å²) in [5.41, 5.74) is 0.509. The molecule has 1 atom stereocenters. The highest BCUT2D eigenvalue weighted by molar-refractivity contribution is 8.23. The Labute approximate surface area is 105 Å². The van der Waals surface area contributed by atoms with Crippen molar-refractivity contribution in [2.75, 3.05) is 0 Å². The fraction of sp³-hybridized carbons (Fsp3) is 0.154. The lowest BCUT2D eigenvalue weighted by Gasteiger charge is -2.20. The van der Waals surface area contributed by atoms with Crippen molar-refractivity contribution in [3.63, 3.8) is 0 Å². The maximum Gasteiger partial charge on any atom is 0.421 e.